The first-order valence-corrected chi connectivity index (χ1v) is 10.5. The van der Waals surface area contributed by atoms with Crippen molar-refractivity contribution in [1.29, 1.82) is 0 Å². The van der Waals surface area contributed by atoms with E-state index in [9.17, 15) is 0 Å². The second kappa shape index (κ2) is 6.26. The molecule has 0 saturated heterocycles. The quantitative estimate of drug-likeness (QED) is 0.298. The molecule has 0 radical (unpaired) electrons. The maximum atomic E-state index is 6.53. The molecule has 2 aliphatic rings. The van der Waals surface area contributed by atoms with Gasteiger partial charge in [0.25, 0.3) is 0 Å². The molecule has 0 atom stereocenters. The fourth-order valence-electron chi connectivity index (χ4n) is 3.83. The highest BCUT2D eigenvalue weighted by Gasteiger charge is 2.48. The zero-order chi connectivity index (χ0) is 18.6. The zero-order valence-corrected chi connectivity index (χ0v) is 17.4. The number of benzene rings is 2. The van der Waals surface area contributed by atoms with Crippen LogP contribution in [-0.4, -0.2) is 17.9 Å². The number of amidine groups is 1. The lowest BCUT2D eigenvalue weighted by Gasteiger charge is -2.16. The van der Waals surface area contributed by atoms with E-state index in [4.69, 9.17) is 15.5 Å². The van der Waals surface area contributed by atoms with Crippen LogP contribution in [0.3, 0.4) is 0 Å². The van der Waals surface area contributed by atoms with Crippen molar-refractivity contribution in [3.8, 4) is 5.75 Å². The van der Waals surface area contributed by atoms with Crippen LogP contribution >= 0.6 is 22.6 Å². The standard InChI is InChI=1S/C22H22IN3O/c1-27-16-6-4-15(5-7-16)22(8-9-22)21(24)26-20-11-14-10-18(13-2-3-13)25-19(14)12-17(20)23/h4-7,10-13,25H,2-3,8-9H2,1H3,(H2,24,26). The summed E-state index contributed by atoms with van der Waals surface area (Å²) in [5, 5.41) is 1.22. The van der Waals surface area contributed by atoms with Gasteiger partial charge in [-0.15, -0.1) is 0 Å². The van der Waals surface area contributed by atoms with E-state index in [1.54, 1.807) is 7.11 Å². The number of aromatic amines is 1. The van der Waals surface area contributed by atoms with Crippen LogP contribution in [0.2, 0.25) is 0 Å². The van der Waals surface area contributed by atoms with Crippen LogP contribution in [0.25, 0.3) is 10.9 Å². The maximum absolute atomic E-state index is 6.53. The van der Waals surface area contributed by atoms with Crippen LogP contribution in [0.4, 0.5) is 5.69 Å². The minimum Gasteiger partial charge on any atom is -0.497 e. The molecule has 2 fully saturated rings. The smallest absolute Gasteiger partial charge is 0.118 e. The van der Waals surface area contributed by atoms with E-state index in [-0.39, 0.29) is 5.41 Å². The summed E-state index contributed by atoms with van der Waals surface area (Å²) >= 11 is 2.36. The third kappa shape index (κ3) is 3.02. The summed E-state index contributed by atoms with van der Waals surface area (Å²) in [5.41, 5.74) is 11.1. The van der Waals surface area contributed by atoms with E-state index in [1.165, 1.54) is 35.0 Å². The molecule has 27 heavy (non-hydrogen) atoms. The van der Waals surface area contributed by atoms with Crippen molar-refractivity contribution in [3.05, 3.63) is 57.3 Å². The lowest BCUT2D eigenvalue weighted by atomic mass is 9.94. The van der Waals surface area contributed by atoms with Crippen molar-refractivity contribution in [3.63, 3.8) is 0 Å². The molecule has 2 aliphatic carbocycles. The number of methoxy groups -OCH3 is 1. The number of halogens is 1. The number of fused-ring (bicyclic) bond motifs is 1. The minimum atomic E-state index is -0.123. The highest BCUT2D eigenvalue weighted by atomic mass is 127. The van der Waals surface area contributed by atoms with Crippen molar-refractivity contribution in [2.24, 2.45) is 10.7 Å². The SMILES string of the molecule is COc1ccc(C2(C(N)=Nc3cc4cc(C5CC5)[nH]c4cc3I)CC2)cc1. The number of aromatic nitrogens is 1. The second-order valence-electron chi connectivity index (χ2n) is 7.70. The summed E-state index contributed by atoms with van der Waals surface area (Å²) in [6.45, 7) is 0. The summed E-state index contributed by atoms with van der Waals surface area (Å²) in [5.74, 6) is 2.30. The summed E-state index contributed by atoms with van der Waals surface area (Å²) in [6, 6.07) is 14.8. The number of nitrogens with one attached hydrogen (secondary N) is 1. The first-order valence-electron chi connectivity index (χ1n) is 9.40. The van der Waals surface area contributed by atoms with Gasteiger partial charge >= 0.3 is 0 Å². The van der Waals surface area contributed by atoms with E-state index < -0.39 is 0 Å². The molecule has 4 nitrogen and oxygen atoms in total. The lowest BCUT2D eigenvalue weighted by molar-refractivity contribution is 0.414. The Morgan fingerprint density at radius 1 is 1.19 bits per heavy atom. The molecule has 1 heterocycles. The third-order valence-corrected chi connectivity index (χ3v) is 6.71. The van der Waals surface area contributed by atoms with Crippen LogP contribution < -0.4 is 10.5 Å². The van der Waals surface area contributed by atoms with Gasteiger partial charge in [0.1, 0.15) is 11.6 Å². The van der Waals surface area contributed by atoms with Gasteiger partial charge in [0.05, 0.1) is 18.2 Å². The molecule has 5 rings (SSSR count). The second-order valence-corrected chi connectivity index (χ2v) is 8.86. The zero-order valence-electron chi connectivity index (χ0n) is 15.3. The topological polar surface area (TPSA) is 63.4 Å². The van der Waals surface area contributed by atoms with Crippen LogP contribution in [0.1, 0.15) is 42.9 Å². The largest absolute Gasteiger partial charge is 0.497 e. The number of hydrogen-bond donors (Lipinski definition) is 2. The molecule has 0 bridgehead atoms. The van der Waals surface area contributed by atoms with Gasteiger partial charge in [-0.25, -0.2) is 4.99 Å². The van der Waals surface area contributed by atoms with Gasteiger partial charge in [0, 0.05) is 20.2 Å². The van der Waals surface area contributed by atoms with Gasteiger partial charge in [0.15, 0.2) is 0 Å². The van der Waals surface area contributed by atoms with Crippen LogP contribution in [0.15, 0.2) is 47.5 Å². The molecule has 5 heteroatoms. The molecule has 0 amide bonds. The summed E-state index contributed by atoms with van der Waals surface area (Å²) in [7, 11) is 1.69. The Balaban J connectivity index is 1.50. The van der Waals surface area contributed by atoms with Crippen molar-refractivity contribution >= 4 is 45.0 Å². The molecule has 3 N–H and O–H groups in total. The first-order chi connectivity index (χ1) is 13.1. The number of H-pyrrole nitrogens is 1. The Kier molecular flexibility index (Phi) is 3.96. The van der Waals surface area contributed by atoms with Gasteiger partial charge < -0.3 is 15.5 Å². The fourth-order valence-corrected chi connectivity index (χ4v) is 4.42. The molecule has 0 unspecified atom stereocenters. The van der Waals surface area contributed by atoms with Crippen molar-refractivity contribution in [1.82, 2.24) is 4.98 Å². The number of rotatable bonds is 5. The Morgan fingerprint density at radius 2 is 1.93 bits per heavy atom. The van der Waals surface area contributed by atoms with E-state index in [0.29, 0.717) is 5.84 Å². The molecule has 138 valence electrons. The Hall–Kier alpha value is -2.02. The van der Waals surface area contributed by atoms with Crippen LogP contribution in [0.5, 0.6) is 5.75 Å². The summed E-state index contributed by atoms with van der Waals surface area (Å²) in [6.07, 6.45) is 4.69. The highest BCUT2D eigenvalue weighted by molar-refractivity contribution is 14.1. The number of nitrogens with two attached hydrogens (primary N) is 1. The monoisotopic (exact) mass is 471 g/mol. The van der Waals surface area contributed by atoms with Gasteiger partial charge in [-0.2, -0.15) is 0 Å². The predicted molar refractivity (Wildman–Crippen MR) is 118 cm³/mol. The molecule has 0 spiro atoms. The van der Waals surface area contributed by atoms with Gasteiger partial charge in [-0.1, -0.05) is 12.1 Å². The van der Waals surface area contributed by atoms with Gasteiger partial charge in [0.2, 0.25) is 0 Å². The van der Waals surface area contributed by atoms with Crippen molar-refractivity contribution < 1.29 is 4.74 Å². The average Bonchev–Trinajstić information content (AvgIpc) is 3.59. The summed E-state index contributed by atoms with van der Waals surface area (Å²) < 4.78 is 6.40. The molecule has 2 aromatic carbocycles. The van der Waals surface area contributed by atoms with Gasteiger partial charge in [-0.3, -0.25) is 0 Å². The molecule has 0 aliphatic heterocycles. The van der Waals surface area contributed by atoms with Crippen molar-refractivity contribution in [2.75, 3.05) is 7.11 Å². The van der Waals surface area contributed by atoms with E-state index >= 15 is 0 Å². The molecule has 3 aromatic rings. The number of nitrogens with zero attached hydrogens (tertiary/aromatic N) is 1. The fraction of sp³-hybridized carbons (Fsp3) is 0.318. The molecular formula is C22H22IN3O. The Bertz CT molecular complexity index is 1040. The maximum Gasteiger partial charge on any atom is 0.118 e. The lowest BCUT2D eigenvalue weighted by Crippen LogP contribution is -2.28. The number of hydrogen-bond acceptors (Lipinski definition) is 2. The average molecular weight is 471 g/mol. The Labute approximate surface area is 172 Å². The Morgan fingerprint density at radius 3 is 2.56 bits per heavy atom. The highest BCUT2D eigenvalue weighted by Crippen LogP contribution is 2.49. The molecular weight excluding hydrogens is 449 g/mol. The van der Waals surface area contributed by atoms with E-state index in [1.807, 2.05) is 12.1 Å². The molecule has 2 saturated carbocycles. The number of ether oxygens (including phenoxy) is 1. The normalized spacial score (nSPS) is 18.7. The van der Waals surface area contributed by atoms with Crippen molar-refractivity contribution in [2.45, 2.75) is 37.0 Å². The third-order valence-electron chi connectivity index (χ3n) is 5.85. The minimum absolute atomic E-state index is 0.123. The predicted octanol–water partition coefficient (Wildman–Crippen LogP) is 5.38. The van der Waals surface area contributed by atoms with E-state index in [2.05, 4.69) is 57.9 Å². The molecule has 1 aromatic heterocycles. The van der Waals surface area contributed by atoms with Gasteiger partial charge in [-0.05, 0) is 90.1 Å². The van der Waals surface area contributed by atoms with Crippen LogP contribution in [0, 0.1) is 3.57 Å². The first kappa shape index (κ1) is 17.1. The summed E-state index contributed by atoms with van der Waals surface area (Å²) in [4.78, 5) is 8.44. The van der Waals surface area contributed by atoms with E-state index in [0.717, 1.165) is 33.8 Å². The van der Waals surface area contributed by atoms with Crippen LogP contribution in [-0.2, 0) is 5.41 Å². The number of aliphatic imine (C=N–C) groups is 1.